The number of hydrogen-bond acceptors (Lipinski definition) is 3. The number of aliphatic hydroxyl groups excluding tert-OH is 1. The Bertz CT molecular complexity index is 422. The van der Waals surface area contributed by atoms with Crippen LogP contribution in [0.1, 0.15) is 136 Å². The summed E-state index contributed by atoms with van der Waals surface area (Å²) in [6.45, 7) is 4.25. The van der Waals surface area contributed by atoms with Crippen LogP contribution in [-0.2, 0) is 10.1 Å². The molecule has 0 fully saturated rings. The molecular weight excluding hydrogens is 372 g/mol. The molecule has 0 aromatic carbocycles. The molecule has 0 saturated heterocycles. The maximum atomic E-state index is 11.4. The van der Waals surface area contributed by atoms with Gasteiger partial charge in [0.05, 0.1) is 11.4 Å². The van der Waals surface area contributed by atoms with Gasteiger partial charge in [0.2, 0.25) is 0 Å². The second-order valence-electron chi connectivity index (χ2n) is 8.55. The maximum Gasteiger partial charge on any atom is 0.267 e. The summed E-state index contributed by atoms with van der Waals surface area (Å²) in [5.74, 6) is 0. The zero-order valence-corrected chi connectivity index (χ0v) is 19.5. The minimum absolute atomic E-state index is 0.164. The highest BCUT2D eigenvalue weighted by Crippen LogP contribution is 2.19. The molecule has 2 unspecified atom stereocenters. The van der Waals surface area contributed by atoms with E-state index in [0.717, 1.165) is 25.7 Å². The van der Waals surface area contributed by atoms with Gasteiger partial charge < -0.3 is 5.11 Å². The molecule has 0 saturated carbocycles. The molecule has 0 heterocycles. The van der Waals surface area contributed by atoms with E-state index in [-0.39, 0.29) is 6.42 Å². The van der Waals surface area contributed by atoms with Gasteiger partial charge in [-0.1, -0.05) is 117 Å². The van der Waals surface area contributed by atoms with Crippen LogP contribution >= 0.6 is 0 Å². The number of unbranched alkanes of at least 4 members (excludes halogenated alkanes) is 14. The molecule has 0 aliphatic carbocycles. The fourth-order valence-electron chi connectivity index (χ4n) is 3.82. The SMILES string of the molecule is CCCCCCCCCCCCCCCCC(O)CC(CCCC)S(=O)(=O)O. The van der Waals surface area contributed by atoms with E-state index in [2.05, 4.69) is 6.92 Å². The van der Waals surface area contributed by atoms with Crippen molar-refractivity contribution in [2.45, 2.75) is 147 Å². The van der Waals surface area contributed by atoms with E-state index in [0.29, 0.717) is 12.8 Å². The minimum Gasteiger partial charge on any atom is -0.393 e. The number of rotatable bonds is 21. The van der Waals surface area contributed by atoms with Crippen molar-refractivity contribution in [2.24, 2.45) is 0 Å². The highest BCUT2D eigenvalue weighted by molar-refractivity contribution is 7.86. The Morgan fingerprint density at radius 3 is 1.39 bits per heavy atom. The molecule has 4 nitrogen and oxygen atoms in total. The first-order valence-electron chi connectivity index (χ1n) is 12.1. The zero-order valence-electron chi connectivity index (χ0n) is 18.7. The van der Waals surface area contributed by atoms with Crippen LogP contribution < -0.4 is 0 Å². The van der Waals surface area contributed by atoms with Crippen molar-refractivity contribution >= 4 is 10.1 Å². The number of hydrogen-bond donors (Lipinski definition) is 2. The van der Waals surface area contributed by atoms with Gasteiger partial charge in [-0.2, -0.15) is 8.42 Å². The topological polar surface area (TPSA) is 74.6 Å². The predicted octanol–water partition coefficient (Wildman–Crippen LogP) is 7.06. The van der Waals surface area contributed by atoms with E-state index in [1.165, 1.54) is 77.0 Å². The Labute approximate surface area is 175 Å². The Kier molecular flexibility index (Phi) is 18.8. The van der Waals surface area contributed by atoms with E-state index in [1.54, 1.807) is 0 Å². The molecule has 0 spiro atoms. The van der Waals surface area contributed by atoms with Crippen molar-refractivity contribution in [1.29, 1.82) is 0 Å². The Morgan fingerprint density at radius 2 is 1.00 bits per heavy atom. The monoisotopic (exact) mass is 420 g/mol. The molecule has 28 heavy (non-hydrogen) atoms. The van der Waals surface area contributed by atoms with Crippen LogP contribution in [-0.4, -0.2) is 29.4 Å². The van der Waals surface area contributed by atoms with Gasteiger partial charge in [-0.15, -0.1) is 0 Å². The molecule has 2 atom stereocenters. The van der Waals surface area contributed by atoms with E-state index >= 15 is 0 Å². The van der Waals surface area contributed by atoms with Gasteiger partial charge >= 0.3 is 0 Å². The lowest BCUT2D eigenvalue weighted by atomic mass is 10.0. The third-order valence-corrected chi connectivity index (χ3v) is 7.00. The highest BCUT2D eigenvalue weighted by Gasteiger charge is 2.25. The van der Waals surface area contributed by atoms with Crippen LogP contribution in [0.4, 0.5) is 0 Å². The number of aliphatic hydroxyl groups is 1. The average molecular weight is 421 g/mol. The van der Waals surface area contributed by atoms with Gasteiger partial charge in [0.15, 0.2) is 0 Å². The summed E-state index contributed by atoms with van der Waals surface area (Å²) in [5, 5.41) is 9.29. The van der Waals surface area contributed by atoms with Crippen LogP contribution in [0.15, 0.2) is 0 Å². The smallest absolute Gasteiger partial charge is 0.267 e. The lowest BCUT2D eigenvalue weighted by Gasteiger charge is -2.17. The van der Waals surface area contributed by atoms with Crippen molar-refractivity contribution in [3.05, 3.63) is 0 Å². The summed E-state index contributed by atoms with van der Waals surface area (Å²) in [7, 11) is -4.05. The normalized spacial score (nSPS) is 14.3. The summed E-state index contributed by atoms with van der Waals surface area (Å²) < 4.78 is 32.1. The standard InChI is InChI=1S/C23H48O4S/c1-3-5-7-8-9-10-11-12-13-14-15-16-17-18-19-22(24)21-23(20-6-4-2)28(25,26)27/h22-24H,3-21H2,1-2H3,(H,25,26,27). The molecule has 0 aromatic heterocycles. The van der Waals surface area contributed by atoms with Crippen molar-refractivity contribution in [2.75, 3.05) is 0 Å². The van der Waals surface area contributed by atoms with Gasteiger partial charge in [-0.3, -0.25) is 4.55 Å². The second-order valence-corrected chi connectivity index (χ2v) is 10.3. The van der Waals surface area contributed by atoms with Crippen molar-refractivity contribution in [3.63, 3.8) is 0 Å². The molecule has 0 rings (SSSR count). The van der Waals surface area contributed by atoms with Crippen LogP contribution in [0.25, 0.3) is 0 Å². The lowest BCUT2D eigenvalue weighted by Crippen LogP contribution is -2.26. The van der Waals surface area contributed by atoms with E-state index in [9.17, 15) is 18.1 Å². The molecular formula is C23H48O4S. The summed E-state index contributed by atoms with van der Waals surface area (Å²) in [5.41, 5.74) is 0. The molecule has 5 heteroatoms. The fraction of sp³-hybridized carbons (Fsp3) is 1.00. The Morgan fingerprint density at radius 1 is 0.607 bits per heavy atom. The third-order valence-electron chi connectivity index (χ3n) is 5.73. The zero-order chi connectivity index (χ0) is 21.1. The quantitative estimate of drug-likeness (QED) is 0.154. The maximum absolute atomic E-state index is 11.4. The van der Waals surface area contributed by atoms with Crippen LogP contribution in [0.5, 0.6) is 0 Å². The Hall–Kier alpha value is -0.130. The minimum atomic E-state index is -4.05. The van der Waals surface area contributed by atoms with Crippen molar-refractivity contribution in [3.8, 4) is 0 Å². The first-order chi connectivity index (χ1) is 13.4. The van der Waals surface area contributed by atoms with Gasteiger partial charge in [0.1, 0.15) is 0 Å². The molecule has 2 N–H and O–H groups in total. The second kappa shape index (κ2) is 18.9. The molecule has 0 amide bonds. The fourth-order valence-corrected chi connectivity index (χ4v) is 4.75. The molecule has 170 valence electrons. The third kappa shape index (κ3) is 17.9. The van der Waals surface area contributed by atoms with E-state index in [1.807, 2.05) is 6.92 Å². The molecule has 0 aliphatic rings. The van der Waals surface area contributed by atoms with Crippen LogP contribution in [0.3, 0.4) is 0 Å². The van der Waals surface area contributed by atoms with Gasteiger partial charge in [-0.05, 0) is 19.3 Å². The summed E-state index contributed by atoms with van der Waals surface area (Å²) in [6, 6.07) is 0. The first-order valence-corrected chi connectivity index (χ1v) is 13.6. The van der Waals surface area contributed by atoms with Gasteiger partial charge in [0.25, 0.3) is 10.1 Å². The molecule has 0 bridgehead atoms. The van der Waals surface area contributed by atoms with Gasteiger partial charge in [0, 0.05) is 0 Å². The predicted molar refractivity (Wildman–Crippen MR) is 120 cm³/mol. The van der Waals surface area contributed by atoms with Crippen LogP contribution in [0.2, 0.25) is 0 Å². The van der Waals surface area contributed by atoms with Crippen molar-refractivity contribution in [1.82, 2.24) is 0 Å². The average Bonchev–Trinajstić information content (AvgIpc) is 2.64. The highest BCUT2D eigenvalue weighted by atomic mass is 32.2. The Balaban J connectivity index is 3.52. The largest absolute Gasteiger partial charge is 0.393 e. The van der Waals surface area contributed by atoms with Crippen molar-refractivity contribution < 1.29 is 18.1 Å². The molecule has 0 aromatic rings. The summed E-state index contributed by atoms with van der Waals surface area (Å²) in [4.78, 5) is 0. The first kappa shape index (κ1) is 27.9. The molecule has 0 aliphatic heterocycles. The summed E-state index contributed by atoms with van der Waals surface area (Å²) in [6.07, 6.45) is 20.4. The lowest BCUT2D eigenvalue weighted by molar-refractivity contribution is 0.147. The van der Waals surface area contributed by atoms with Gasteiger partial charge in [-0.25, -0.2) is 0 Å². The summed E-state index contributed by atoms with van der Waals surface area (Å²) >= 11 is 0. The van der Waals surface area contributed by atoms with E-state index in [4.69, 9.17) is 0 Å². The van der Waals surface area contributed by atoms with Crippen LogP contribution in [0, 0.1) is 0 Å². The van der Waals surface area contributed by atoms with E-state index < -0.39 is 21.5 Å². The molecule has 0 radical (unpaired) electrons.